The second kappa shape index (κ2) is 6.18. The van der Waals surface area contributed by atoms with Crippen LogP contribution in [0.1, 0.15) is 12.8 Å². The first-order valence-corrected chi connectivity index (χ1v) is 7.71. The van der Waals surface area contributed by atoms with E-state index >= 15 is 0 Å². The molecule has 20 heavy (non-hydrogen) atoms. The summed E-state index contributed by atoms with van der Waals surface area (Å²) in [5.74, 6) is -3.26. The van der Waals surface area contributed by atoms with Crippen molar-refractivity contribution in [3.63, 3.8) is 0 Å². The van der Waals surface area contributed by atoms with E-state index in [0.29, 0.717) is 0 Å². The number of nitrogens with zero attached hydrogens (tertiary/aromatic N) is 1. The van der Waals surface area contributed by atoms with Crippen molar-refractivity contribution in [2.45, 2.75) is 24.9 Å². The first kappa shape index (κ1) is 16.4. The van der Waals surface area contributed by atoms with Gasteiger partial charge in [0.05, 0.1) is 24.0 Å². The molecule has 2 unspecified atom stereocenters. The Kier molecular flexibility index (Phi) is 5.06. The van der Waals surface area contributed by atoms with E-state index < -0.39 is 52.7 Å². The lowest BCUT2D eigenvalue weighted by Gasteiger charge is -2.28. The molecule has 1 saturated heterocycles. The van der Waals surface area contributed by atoms with Crippen molar-refractivity contribution < 1.29 is 27.9 Å². The zero-order valence-corrected chi connectivity index (χ0v) is 11.5. The smallest absolute Gasteiger partial charge is 0.323 e. The number of rotatable bonds is 6. The van der Waals surface area contributed by atoms with E-state index in [1.807, 2.05) is 0 Å². The topological polar surface area (TPSA) is 161 Å². The van der Waals surface area contributed by atoms with Crippen molar-refractivity contribution >= 4 is 27.6 Å². The summed E-state index contributed by atoms with van der Waals surface area (Å²) in [6, 6.07) is -2.00. The van der Waals surface area contributed by atoms with Crippen LogP contribution >= 0.6 is 0 Å². The van der Waals surface area contributed by atoms with E-state index in [-0.39, 0.29) is 17.9 Å². The highest BCUT2D eigenvalue weighted by Crippen LogP contribution is 2.18. The molecule has 1 rings (SSSR count). The summed E-state index contributed by atoms with van der Waals surface area (Å²) in [5.41, 5.74) is 10.4. The zero-order chi connectivity index (χ0) is 15.5. The molecule has 114 valence electrons. The number of aliphatic carboxylic acids is 1. The summed E-state index contributed by atoms with van der Waals surface area (Å²) in [7, 11) is -3.28. The monoisotopic (exact) mass is 307 g/mol. The molecule has 1 heterocycles. The predicted molar refractivity (Wildman–Crippen MR) is 68.2 cm³/mol. The Labute approximate surface area is 115 Å². The molecule has 0 aromatic carbocycles. The molecular formula is C10H17N3O6S. The molecule has 10 heteroatoms. The summed E-state index contributed by atoms with van der Waals surface area (Å²) in [4.78, 5) is 34.5. The molecular weight excluding hydrogens is 290 g/mol. The van der Waals surface area contributed by atoms with Crippen molar-refractivity contribution in [3.8, 4) is 0 Å². The van der Waals surface area contributed by atoms with Crippen LogP contribution in [0.3, 0.4) is 0 Å². The van der Waals surface area contributed by atoms with E-state index in [0.717, 1.165) is 4.90 Å². The number of carboxylic acid groups (broad SMARTS) is 1. The Hall–Kier alpha value is -1.68. The highest BCUT2D eigenvalue weighted by molar-refractivity contribution is 7.91. The molecule has 0 aliphatic carbocycles. The number of primary amides is 1. The predicted octanol–water partition coefficient (Wildman–Crippen LogP) is -2.71. The Morgan fingerprint density at radius 3 is 2.35 bits per heavy atom. The summed E-state index contributed by atoms with van der Waals surface area (Å²) >= 11 is 0. The van der Waals surface area contributed by atoms with Crippen LogP contribution in [0.25, 0.3) is 0 Å². The van der Waals surface area contributed by atoms with Crippen LogP contribution in [0.15, 0.2) is 0 Å². The largest absolute Gasteiger partial charge is 0.480 e. The Bertz CT molecular complexity index is 517. The fourth-order valence-corrected chi connectivity index (χ4v) is 3.80. The molecule has 1 aliphatic rings. The quantitative estimate of drug-likeness (QED) is 0.480. The minimum atomic E-state index is -3.28. The van der Waals surface area contributed by atoms with Crippen LogP contribution < -0.4 is 11.5 Å². The van der Waals surface area contributed by atoms with Crippen LogP contribution in [0.2, 0.25) is 0 Å². The average molecular weight is 307 g/mol. The Morgan fingerprint density at radius 1 is 1.35 bits per heavy atom. The maximum Gasteiger partial charge on any atom is 0.323 e. The van der Waals surface area contributed by atoms with E-state index in [1.165, 1.54) is 0 Å². The van der Waals surface area contributed by atoms with E-state index in [4.69, 9.17) is 16.6 Å². The van der Waals surface area contributed by atoms with Gasteiger partial charge >= 0.3 is 5.97 Å². The second-order valence-electron chi connectivity index (χ2n) is 4.69. The van der Waals surface area contributed by atoms with Gasteiger partial charge in [0.15, 0.2) is 9.84 Å². The SMILES string of the molecule is NC(=O)CC(N)C(=O)N(CC(=O)O)C1CCS(=O)(=O)C1. The van der Waals surface area contributed by atoms with Gasteiger partial charge in [0.2, 0.25) is 11.8 Å². The number of carbonyl (C=O) groups is 3. The fraction of sp³-hybridized carbons (Fsp3) is 0.700. The Morgan fingerprint density at radius 2 is 1.95 bits per heavy atom. The van der Waals surface area contributed by atoms with Crippen LogP contribution in [-0.2, 0) is 24.2 Å². The maximum absolute atomic E-state index is 12.0. The summed E-state index contributed by atoms with van der Waals surface area (Å²) < 4.78 is 22.8. The lowest BCUT2D eigenvalue weighted by Crippen LogP contribution is -2.52. The fourth-order valence-electron chi connectivity index (χ4n) is 2.07. The van der Waals surface area contributed by atoms with Gasteiger partial charge in [-0.2, -0.15) is 0 Å². The molecule has 0 aromatic heterocycles. The maximum atomic E-state index is 12.0. The van der Waals surface area contributed by atoms with Gasteiger partial charge in [-0.05, 0) is 6.42 Å². The molecule has 0 saturated carbocycles. The number of hydrogen-bond donors (Lipinski definition) is 3. The molecule has 9 nitrogen and oxygen atoms in total. The van der Waals surface area contributed by atoms with E-state index in [1.54, 1.807) is 0 Å². The normalized spacial score (nSPS) is 22.1. The minimum Gasteiger partial charge on any atom is -0.480 e. The first-order chi connectivity index (χ1) is 9.12. The third kappa shape index (κ3) is 4.46. The number of carbonyl (C=O) groups excluding carboxylic acids is 2. The minimum absolute atomic E-state index is 0.105. The Balaban J connectivity index is 2.86. The molecule has 0 spiro atoms. The average Bonchev–Trinajstić information content (AvgIpc) is 2.64. The van der Waals surface area contributed by atoms with E-state index in [2.05, 4.69) is 0 Å². The molecule has 0 aromatic rings. The second-order valence-corrected chi connectivity index (χ2v) is 6.92. The van der Waals surface area contributed by atoms with Gasteiger partial charge in [-0.15, -0.1) is 0 Å². The van der Waals surface area contributed by atoms with Crippen molar-refractivity contribution in [2.75, 3.05) is 18.1 Å². The van der Waals surface area contributed by atoms with Gasteiger partial charge in [-0.1, -0.05) is 0 Å². The van der Waals surface area contributed by atoms with Crippen molar-refractivity contribution in [2.24, 2.45) is 11.5 Å². The lowest BCUT2D eigenvalue weighted by molar-refractivity contribution is -0.146. The highest BCUT2D eigenvalue weighted by atomic mass is 32.2. The van der Waals surface area contributed by atoms with Gasteiger partial charge in [-0.25, -0.2) is 8.42 Å². The van der Waals surface area contributed by atoms with Crippen LogP contribution in [0.4, 0.5) is 0 Å². The molecule has 0 radical (unpaired) electrons. The number of carboxylic acids is 1. The van der Waals surface area contributed by atoms with Crippen molar-refractivity contribution in [1.82, 2.24) is 4.90 Å². The lowest BCUT2D eigenvalue weighted by atomic mass is 10.1. The van der Waals surface area contributed by atoms with Crippen LogP contribution in [0.5, 0.6) is 0 Å². The highest BCUT2D eigenvalue weighted by Gasteiger charge is 2.37. The standard InChI is InChI=1S/C10H17N3O6S/c11-7(3-8(12)14)10(17)13(4-9(15)16)6-1-2-20(18,19)5-6/h6-7H,1-5,11H2,(H2,12,14)(H,15,16). The molecule has 2 atom stereocenters. The number of sulfone groups is 1. The van der Waals surface area contributed by atoms with Gasteiger partial charge in [0.25, 0.3) is 0 Å². The first-order valence-electron chi connectivity index (χ1n) is 5.89. The van der Waals surface area contributed by atoms with Gasteiger partial charge in [-0.3, -0.25) is 14.4 Å². The van der Waals surface area contributed by atoms with Crippen LogP contribution in [-0.4, -0.2) is 66.3 Å². The van der Waals surface area contributed by atoms with Crippen LogP contribution in [0, 0.1) is 0 Å². The molecule has 0 bridgehead atoms. The van der Waals surface area contributed by atoms with Gasteiger partial charge in [0.1, 0.15) is 6.54 Å². The van der Waals surface area contributed by atoms with Gasteiger partial charge < -0.3 is 21.5 Å². The summed E-state index contributed by atoms with van der Waals surface area (Å²) in [6.07, 6.45) is -0.265. The molecule has 1 aliphatic heterocycles. The third-order valence-electron chi connectivity index (χ3n) is 2.98. The number of amides is 2. The molecule has 2 amide bonds. The van der Waals surface area contributed by atoms with E-state index in [9.17, 15) is 22.8 Å². The molecule has 1 fully saturated rings. The van der Waals surface area contributed by atoms with Gasteiger partial charge in [0, 0.05) is 6.04 Å². The summed E-state index contributed by atoms with van der Waals surface area (Å²) in [6.45, 7) is -0.661. The number of nitrogens with two attached hydrogens (primary N) is 2. The zero-order valence-electron chi connectivity index (χ0n) is 10.7. The van der Waals surface area contributed by atoms with Crippen molar-refractivity contribution in [3.05, 3.63) is 0 Å². The third-order valence-corrected chi connectivity index (χ3v) is 4.73. The van der Waals surface area contributed by atoms with Crippen molar-refractivity contribution in [1.29, 1.82) is 0 Å². The number of hydrogen-bond acceptors (Lipinski definition) is 6. The summed E-state index contributed by atoms with van der Waals surface area (Å²) in [5, 5.41) is 8.81. The molecule has 5 N–H and O–H groups in total.